The molecule has 15 nitrogen and oxygen atoms in total. The van der Waals surface area contributed by atoms with Crippen molar-refractivity contribution >= 4 is 68.9 Å². The standard InChI is InChI=1S/C55H70F3IN8O7S/c1-34(2)49(47-28-35(3)65-74-47)55(72)67-32-40(68)30-46(67)54(71)64-45(37-16-18-38(19-17-37)52-36(4)62-33-75-52)31-48(69)61-26-14-12-10-8-6-5-7-9-11-13-24-60-25-15-27-73-66-53(70)41-21-22-42(56)50(58)51(41)63-44-23-20-39(59)29-43(44)57/h16-23,28-29,33-34,40,45-46,49,60,63,68H,5-15,24-27,30-32H2,1-4H3,(H,61,69)(H,64,71)(H,66,70)/t40-,45+,46+,49-/m1/s1. The molecular formula is C55H70F3IN8O7S. The van der Waals surface area contributed by atoms with Crippen molar-refractivity contribution in [2.24, 2.45) is 5.92 Å². The molecule has 4 amide bonds. The average molecular weight is 1170 g/mol. The van der Waals surface area contributed by atoms with E-state index < -0.39 is 59.1 Å². The Morgan fingerprint density at radius 1 is 0.867 bits per heavy atom. The van der Waals surface area contributed by atoms with Crippen LogP contribution in [-0.4, -0.2) is 88.7 Å². The van der Waals surface area contributed by atoms with Gasteiger partial charge >= 0.3 is 0 Å². The molecule has 1 aliphatic heterocycles. The summed E-state index contributed by atoms with van der Waals surface area (Å²) in [6.45, 7) is 9.79. The fourth-order valence-corrected chi connectivity index (χ4v) is 10.4. The fourth-order valence-electron chi connectivity index (χ4n) is 9.14. The first-order valence-electron chi connectivity index (χ1n) is 25.9. The second kappa shape index (κ2) is 29.8. The summed E-state index contributed by atoms with van der Waals surface area (Å²) < 4.78 is 49.2. The zero-order valence-electron chi connectivity index (χ0n) is 43.1. The van der Waals surface area contributed by atoms with Gasteiger partial charge in [0.1, 0.15) is 23.5 Å². The maximum Gasteiger partial charge on any atom is 0.277 e. The lowest BCUT2D eigenvalue weighted by atomic mass is 9.91. The summed E-state index contributed by atoms with van der Waals surface area (Å²) in [7, 11) is 0. The molecular weight excluding hydrogens is 1100 g/mol. The van der Waals surface area contributed by atoms with Crippen LogP contribution >= 0.6 is 33.9 Å². The van der Waals surface area contributed by atoms with Gasteiger partial charge in [-0.15, -0.1) is 11.3 Å². The van der Waals surface area contributed by atoms with Crippen LogP contribution < -0.4 is 26.7 Å². The topological polar surface area (TPSA) is 200 Å². The van der Waals surface area contributed by atoms with E-state index in [1.165, 1.54) is 29.9 Å². The normalized spacial score (nSPS) is 15.3. The smallest absolute Gasteiger partial charge is 0.277 e. The van der Waals surface area contributed by atoms with Crippen molar-refractivity contribution in [3.8, 4) is 10.4 Å². The molecule has 6 N–H and O–H groups in total. The highest BCUT2D eigenvalue weighted by molar-refractivity contribution is 14.1. The van der Waals surface area contributed by atoms with Crippen molar-refractivity contribution in [1.82, 2.24) is 36.5 Å². The number of anilines is 2. The van der Waals surface area contributed by atoms with E-state index in [1.807, 2.05) is 67.6 Å². The number of rotatable bonds is 30. The summed E-state index contributed by atoms with van der Waals surface area (Å²) in [4.78, 5) is 66.5. The van der Waals surface area contributed by atoms with Gasteiger partial charge in [-0.05, 0) is 116 Å². The minimum atomic E-state index is -1.31. The zero-order valence-corrected chi connectivity index (χ0v) is 46.1. The molecule has 1 aliphatic rings. The van der Waals surface area contributed by atoms with Crippen molar-refractivity contribution in [2.45, 2.75) is 135 Å². The highest BCUT2D eigenvalue weighted by Crippen LogP contribution is 2.33. The number of amides is 4. The van der Waals surface area contributed by atoms with E-state index in [1.54, 1.807) is 35.9 Å². The van der Waals surface area contributed by atoms with Crippen molar-refractivity contribution in [3.63, 3.8) is 0 Å². The lowest BCUT2D eigenvalue weighted by molar-refractivity contribution is -0.141. The number of hydrogen-bond donors (Lipinski definition) is 6. The number of benzene rings is 3. The summed E-state index contributed by atoms with van der Waals surface area (Å²) in [6, 6.07) is 14.0. The Balaban J connectivity index is 0.830. The number of β-amino-alcohol motifs (C(OH)–C–C–N with tert-alkyl or cyclic N) is 1. The van der Waals surface area contributed by atoms with Crippen molar-refractivity contribution in [3.05, 3.63) is 115 Å². The summed E-state index contributed by atoms with van der Waals surface area (Å²) in [5, 5.41) is 26.7. The Morgan fingerprint density at radius 2 is 1.55 bits per heavy atom. The molecule has 4 atom stereocenters. The third-order valence-corrected chi connectivity index (χ3v) is 14.8. The van der Waals surface area contributed by atoms with Gasteiger partial charge in [-0.2, -0.15) is 0 Å². The number of unbranched alkanes of at least 4 members (excludes halogenated alkanes) is 9. The van der Waals surface area contributed by atoms with E-state index in [2.05, 4.69) is 36.9 Å². The molecule has 406 valence electrons. The van der Waals surface area contributed by atoms with E-state index in [9.17, 15) is 37.5 Å². The van der Waals surface area contributed by atoms with Gasteiger partial charge in [0.2, 0.25) is 17.7 Å². The van der Waals surface area contributed by atoms with Crippen LogP contribution in [0.1, 0.15) is 142 Å². The minimum absolute atomic E-state index is 0.00104. The van der Waals surface area contributed by atoms with Gasteiger partial charge in [-0.1, -0.05) is 94.6 Å². The third kappa shape index (κ3) is 17.6. The number of nitrogens with zero attached hydrogens (tertiary/aromatic N) is 3. The Bertz CT molecular complexity index is 2650. The molecule has 3 aromatic carbocycles. The Labute approximate surface area is 455 Å². The van der Waals surface area contributed by atoms with Crippen LogP contribution in [0.3, 0.4) is 0 Å². The van der Waals surface area contributed by atoms with Crippen LogP contribution in [0.15, 0.2) is 70.7 Å². The summed E-state index contributed by atoms with van der Waals surface area (Å²) in [5.74, 6) is -5.34. The Morgan fingerprint density at radius 3 is 2.19 bits per heavy atom. The largest absolute Gasteiger partial charge is 0.391 e. The van der Waals surface area contributed by atoms with Gasteiger partial charge in [0, 0.05) is 29.1 Å². The second-order valence-electron chi connectivity index (χ2n) is 19.4. The number of likely N-dealkylation sites (tertiary alicyclic amines) is 1. The average Bonchev–Trinajstić information content (AvgIpc) is 4.13. The first-order valence-corrected chi connectivity index (χ1v) is 27.9. The number of halogens is 4. The van der Waals surface area contributed by atoms with E-state index in [4.69, 9.17) is 9.36 Å². The molecule has 2 aromatic heterocycles. The van der Waals surface area contributed by atoms with E-state index in [0.29, 0.717) is 34.5 Å². The number of aliphatic hydroxyl groups excluding tert-OH is 1. The molecule has 0 spiro atoms. The van der Waals surface area contributed by atoms with Crippen LogP contribution in [0.4, 0.5) is 24.5 Å². The van der Waals surface area contributed by atoms with Crippen molar-refractivity contribution in [2.75, 3.05) is 38.1 Å². The van der Waals surface area contributed by atoms with Crippen LogP contribution in [0.5, 0.6) is 0 Å². The molecule has 20 heteroatoms. The number of thiazole rings is 1. The first kappa shape index (κ1) is 58.8. The minimum Gasteiger partial charge on any atom is -0.391 e. The molecule has 6 rings (SSSR count). The summed E-state index contributed by atoms with van der Waals surface area (Å²) in [5.41, 5.74) is 6.51. The molecule has 1 saturated heterocycles. The van der Waals surface area contributed by atoms with E-state index in [-0.39, 0.29) is 55.0 Å². The van der Waals surface area contributed by atoms with Crippen LogP contribution in [0.25, 0.3) is 10.4 Å². The molecule has 5 aromatic rings. The van der Waals surface area contributed by atoms with Gasteiger partial charge in [0.25, 0.3) is 5.91 Å². The molecule has 0 aliphatic carbocycles. The number of nitrogens with one attached hydrogen (secondary N) is 5. The SMILES string of the molecule is Cc1cc([C@H](C(=O)N2C[C@H](O)C[C@H]2C(=O)N[C@@H](CC(=O)NCCCCCCCCCCCCNCCCONC(=O)c2ccc(F)c(F)c2Nc2ccc(I)cc2F)c2ccc(-c3scnc3C)cc2)C(C)C)on1. The van der Waals surface area contributed by atoms with Gasteiger partial charge in [-0.3, -0.25) is 24.0 Å². The van der Waals surface area contributed by atoms with Gasteiger partial charge < -0.3 is 35.8 Å². The number of aromatic nitrogens is 2. The predicted octanol–water partition coefficient (Wildman–Crippen LogP) is 10.5. The lowest BCUT2D eigenvalue weighted by Gasteiger charge is -2.30. The molecule has 0 radical (unpaired) electrons. The Kier molecular flexibility index (Phi) is 23.3. The highest BCUT2D eigenvalue weighted by atomic mass is 127. The number of aryl methyl sites for hydroxylation is 2. The monoisotopic (exact) mass is 1170 g/mol. The first-order chi connectivity index (χ1) is 36.1. The van der Waals surface area contributed by atoms with E-state index in [0.717, 1.165) is 91.7 Å². The molecule has 3 heterocycles. The van der Waals surface area contributed by atoms with Crippen LogP contribution in [-0.2, 0) is 19.2 Å². The second-order valence-corrected chi connectivity index (χ2v) is 21.5. The van der Waals surface area contributed by atoms with Crippen molar-refractivity contribution < 1.29 is 46.8 Å². The number of hydroxylamine groups is 1. The van der Waals surface area contributed by atoms with Gasteiger partial charge in [0.05, 0.1) is 63.9 Å². The van der Waals surface area contributed by atoms with Crippen LogP contribution in [0, 0.1) is 40.8 Å². The van der Waals surface area contributed by atoms with Crippen LogP contribution in [0.2, 0.25) is 0 Å². The lowest BCUT2D eigenvalue weighted by Crippen LogP contribution is -2.49. The number of hydrogen-bond acceptors (Lipinski definition) is 12. The predicted molar refractivity (Wildman–Crippen MR) is 292 cm³/mol. The fraction of sp³-hybridized carbons (Fsp3) is 0.491. The molecule has 1 fully saturated rings. The third-order valence-electron chi connectivity index (χ3n) is 13.2. The molecule has 0 bridgehead atoms. The maximum absolute atomic E-state index is 14.7. The zero-order chi connectivity index (χ0) is 53.9. The number of carbonyl (C=O) groups is 4. The summed E-state index contributed by atoms with van der Waals surface area (Å²) in [6.07, 6.45) is 10.6. The molecule has 0 saturated carbocycles. The number of carbonyl (C=O) groups excluding carboxylic acids is 4. The number of aliphatic hydroxyl groups is 1. The highest BCUT2D eigenvalue weighted by Gasteiger charge is 2.44. The van der Waals surface area contributed by atoms with Gasteiger partial charge in [-0.25, -0.2) is 23.6 Å². The molecule has 0 unspecified atom stereocenters. The molecule has 75 heavy (non-hydrogen) atoms. The summed E-state index contributed by atoms with van der Waals surface area (Å²) >= 11 is 3.47. The quantitative estimate of drug-likeness (QED) is 0.0145. The van der Waals surface area contributed by atoms with Gasteiger partial charge in [0.15, 0.2) is 11.6 Å². The maximum atomic E-state index is 14.7. The Hall–Kier alpha value is -5.42. The van der Waals surface area contributed by atoms with Crippen molar-refractivity contribution in [1.29, 1.82) is 0 Å². The van der Waals surface area contributed by atoms with E-state index >= 15 is 0 Å².